The third kappa shape index (κ3) is 3.16. The smallest absolute Gasteiger partial charge is 0.237 e. The number of fused-ring (bicyclic) bond motifs is 1. The molecule has 0 bridgehead atoms. The van der Waals surface area contributed by atoms with Gasteiger partial charge in [0.25, 0.3) is 0 Å². The molecule has 0 fully saturated rings. The van der Waals surface area contributed by atoms with Crippen molar-refractivity contribution in [3.8, 4) is 17.1 Å². The summed E-state index contributed by atoms with van der Waals surface area (Å²) in [7, 11) is 0. The molecule has 2 heterocycles. The third-order valence-electron chi connectivity index (χ3n) is 3.37. The van der Waals surface area contributed by atoms with Gasteiger partial charge in [0.2, 0.25) is 11.7 Å². The van der Waals surface area contributed by atoms with Crippen molar-refractivity contribution in [1.29, 1.82) is 0 Å². The van der Waals surface area contributed by atoms with Gasteiger partial charge in [0.05, 0.1) is 5.75 Å². The Bertz CT molecular complexity index is 910. The van der Waals surface area contributed by atoms with Gasteiger partial charge < -0.3 is 9.26 Å². The lowest BCUT2D eigenvalue weighted by molar-refractivity contribution is 0.375. The van der Waals surface area contributed by atoms with Crippen LogP contribution in [0.5, 0.6) is 5.75 Å². The highest BCUT2D eigenvalue weighted by Crippen LogP contribution is 2.32. The monoisotopic (exact) mass is 341 g/mol. The van der Waals surface area contributed by atoms with Gasteiger partial charge >= 0.3 is 0 Å². The Morgan fingerprint density at radius 2 is 2.04 bits per heavy atom. The Morgan fingerprint density at radius 3 is 2.96 bits per heavy atom. The Balaban J connectivity index is 1.45. The van der Waals surface area contributed by atoms with Crippen molar-refractivity contribution >= 4 is 22.5 Å². The molecule has 1 aliphatic rings. The van der Waals surface area contributed by atoms with E-state index in [1.807, 2.05) is 24.3 Å². The molecule has 1 aromatic heterocycles. The van der Waals surface area contributed by atoms with Crippen molar-refractivity contribution in [3.63, 3.8) is 0 Å². The highest BCUT2D eigenvalue weighted by Gasteiger charge is 2.15. The maximum atomic E-state index is 13.3. The average Bonchev–Trinajstić information content (AvgIpc) is 3.09. The predicted molar refractivity (Wildman–Crippen MR) is 90.0 cm³/mol. The van der Waals surface area contributed by atoms with E-state index in [0.717, 1.165) is 16.5 Å². The molecule has 24 heavy (non-hydrogen) atoms. The molecule has 5 nitrogen and oxygen atoms in total. The molecule has 1 aliphatic heterocycles. The average molecular weight is 341 g/mol. The first kappa shape index (κ1) is 14.9. The zero-order chi connectivity index (χ0) is 16.4. The van der Waals surface area contributed by atoms with Crippen LogP contribution in [0.2, 0.25) is 0 Å². The number of hydrogen-bond donors (Lipinski definition) is 0. The van der Waals surface area contributed by atoms with Crippen LogP contribution in [0.15, 0.2) is 58.0 Å². The van der Waals surface area contributed by atoms with E-state index in [4.69, 9.17) is 9.26 Å². The standard InChI is InChI=1S/C17H12FN3O2S/c18-12-5-3-4-11(8-12)17-20-15(23-21-17)10-24-16-9-22-14-7-2-1-6-13(14)19-16/h1-8H,9-10H2. The van der Waals surface area contributed by atoms with Crippen molar-refractivity contribution in [2.24, 2.45) is 4.99 Å². The van der Waals surface area contributed by atoms with E-state index >= 15 is 0 Å². The number of nitrogens with zero attached hydrogens (tertiary/aromatic N) is 3. The zero-order valence-electron chi connectivity index (χ0n) is 12.5. The first-order chi connectivity index (χ1) is 11.8. The SMILES string of the molecule is Fc1cccc(-c2noc(CSC3=Nc4ccccc4OC3)n2)c1. The number of rotatable bonds is 3. The van der Waals surface area contributed by atoms with E-state index < -0.39 is 0 Å². The highest BCUT2D eigenvalue weighted by molar-refractivity contribution is 8.13. The lowest BCUT2D eigenvalue weighted by atomic mass is 10.2. The predicted octanol–water partition coefficient (Wildman–Crippen LogP) is 4.23. The fourth-order valence-electron chi connectivity index (χ4n) is 2.25. The summed E-state index contributed by atoms with van der Waals surface area (Å²) in [6.45, 7) is 0.423. The minimum Gasteiger partial charge on any atom is -0.484 e. The normalized spacial score (nSPS) is 13.1. The molecular weight excluding hydrogens is 329 g/mol. The number of ether oxygens (including phenoxy) is 1. The van der Waals surface area contributed by atoms with Crippen LogP contribution in [-0.2, 0) is 5.75 Å². The molecule has 0 saturated heterocycles. The minimum absolute atomic E-state index is 0.333. The van der Waals surface area contributed by atoms with Gasteiger partial charge in [0, 0.05) is 5.56 Å². The second kappa shape index (κ2) is 6.45. The van der Waals surface area contributed by atoms with E-state index in [2.05, 4.69) is 15.1 Å². The topological polar surface area (TPSA) is 60.5 Å². The molecule has 3 aromatic rings. The van der Waals surface area contributed by atoms with E-state index in [1.54, 1.807) is 12.1 Å². The van der Waals surface area contributed by atoms with Crippen molar-refractivity contribution in [2.45, 2.75) is 5.75 Å². The lowest BCUT2D eigenvalue weighted by Gasteiger charge is -2.15. The van der Waals surface area contributed by atoms with Gasteiger partial charge in [-0.1, -0.05) is 41.2 Å². The Hall–Kier alpha value is -2.67. The molecule has 0 spiro atoms. The third-order valence-corrected chi connectivity index (χ3v) is 4.31. The molecule has 0 unspecified atom stereocenters. The summed E-state index contributed by atoms with van der Waals surface area (Å²) < 4.78 is 24.1. The van der Waals surface area contributed by atoms with Crippen molar-refractivity contribution in [2.75, 3.05) is 6.61 Å². The van der Waals surface area contributed by atoms with Crippen molar-refractivity contribution < 1.29 is 13.7 Å². The van der Waals surface area contributed by atoms with Crippen LogP contribution in [-0.4, -0.2) is 21.8 Å². The van der Waals surface area contributed by atoms with Crippen LogP contribution in [0.3, 0.4) is 0 Å². The van der Waals surface area contributed by atoms with E-state index in [0.29, 0.717) is 29.6 Å². The van der Waals surface area contributed by atoms with E-state index in [9.17, 15) is 4.39 Å². The van der Waals surface area contributed by atoms with Gasteiger partial charge in [-0.05, 0) is 24.3 Å². The van der Waals surface area contributed by atoms with Crippen LogP contribution in [0.25, 0.3) is 11.4 Å². The number of benzene rings is 2. The summed E-state index contributed by atoms with van der Waals surface area (Å²) in [4.78, 5) is 8.84. The zero-order valence-corrected chi connectivity index (χ0v) is 13.3. The number of aliphatic imine (C=N–C) groups is 1. The molecule has 0 saturated carbocycles. The second-order valence-electron chi connectivity index (χ2n) is 5.07. The fourth-order valence-corrected chi connectivity index (χ4v) is 2.97. The van der Waals surface area contributed by atoms with Crippen LogP contribution in [0.4, 0.5) is 10.1 Å². The van der Waals surface area contributed by atoms with Crippen LogP contribution >= 0.6 is 11.8 Å². The molecular formula is C17H12FN3O2S. The summed E-state index contributed by atoms with van der Waals surface area (Å²) in [5.74, 6) is 1.76. The van der Waals surface area contributed by atoms with Gasteiger partial charge in [-0.25, -0.2) is 9.38 Å². The van der Waals surface area contributed by atoms with Crippen molar-refractivity contribution in [3.05, 3.63) is 60.2 Å². The summed E-state index contributed by atoms with van der Waals surface area (Å²) in [5.41, 5.74) is 1.40. The van der Waals surface area contributed by atoms with Gasteiger partial charge in [0.1, 0.15) is 28.9 Å². The van der Waals surface area contributed by atoms with Gasteiger partial charge in [0.15, 0.2) is 0 Å². The van der Waals surface area contributed by atoms with Gasteiger partial charge in [-0.3, -0.25) is 0 Å². The van der Waals surface area contributed by atoms with E-state index in [-0.39, 0.29) is 5.82 Å². The second-order valence-corrected chi connectivity index (χ2v) is 6.12. The van der Waals surface area contributed by atoms with Crippen LogP contribution in [0.1, 0.15) is 5.89 Å². The Kier molecular flexibility index (Phi) is 4.00. The van der Waals surface area contributed by atoms with Crippen LogP contribution in [0, 0.1) is 5.82 Å². The minimum atomic E-state index is -0.333. The first-order valence-corrected chi connectivity index (χ1v) is 8.27. The van der Waals surface area contributed by atoms with E-state index in [1.165, 1.54) is 23.9 Å². The van der Waals surface area contributed by atoms with Gasteiger partial charge in [-0.15, -0.1) is 0 Å². The molecule has 0 aliphatic carbocycles. The summed E-state index contributed by atoms with van der Waals surface area (Å²) in [5, 5.41) is 4.74. The number of thioether (sulfide) groups is 1. The highest BCUT2D eigenvalue weighted by atomic mass is 32.2. The molecule has 2 aromatic carbocycles. The number of halogens is 1. The van der Waals surface area contributed by atoms with Crippen LogP contribution < -0.4 is 4.74 Å². The molecule has 120 valence electrons. The molecule has 0 amide bonds. The Labute approximate surface area is 141 Å². The molecule has 0 radical (unpaired) electrons. The maximum absolute atomic E-state index is 13.3. The van der Waals surface area contributed by atoms with Gasteiger partial charge in [-0.2, -0.15) is 4.98 Å². The maximum Gasteiger partial charge on any atom is 0.237 e. The summed E-state index contributed by atoms with van der Waals surface area (Å²) >= 11 is 1.48. The summed E-state index contributed by atoms with van der Waals surface area (Å²) in [6.07, 6.45) is 0. The quantitative estimate of drug-likeness (QED) is 0.713. The number of aromatic nitrogens is 2. The molecule has 4 rings (SSSR count). The first-order valence-electron chi connectivity index (χ1n) is 7.29. The molecule has 0 N–H and O–H groups in total. The number of hydrogen-bond acceptors (Lipinski definition) is 6. The molecule has 7 heteroatoms. The Morgan fingerprint density at radius 1 is 1.12 bits per heavy atom. The largest absolute Gasteiger partial charge is 0.484 e. The number of para-hydroxylation sites is 2. The fraction of sp³-hybridized carbons (Fsp3) is 0.118. The molecule has 0 atom stereocenters. The lowest BCUT2D eigenvalue weighted by Crippen LogP contribution is -2.12. The summed E-state index contributed by atoms with van der Waals surface area (Å²) in [6, 6.07) is 13.7. The van der Waals surface area contributed by atoms with Crippen molar-refractivity contribution in [1.82, 2.24) is 10.1 Å².